The van der Waals surface area contributed by atoms with Crippen LogP contribution in [0.3, 0.4) is 0 Å². The van der Waals surface area contributed by atoms with Gasteiger partial charge in [0.15, 0.2) is 6.61 Å². The summed E-state index contributed by atoms with van der Waals surface area (Å²) in [6.07, 6.45) is 0.625. The molecule has 146 valence electrons. The molecule has 3 aromatic rings. The first kappa shape index (κ1) is 19.3. The van der Waals surface area contributed by atoms with Crippen LogP contribution in [0.5, 0.6) is 11.5 Å². The van der Waals surface area contributed by atoms with E-state index in [1.165, 1.54) is 0 Å². The van der Waals surface area contributed by atoms with Crippen molar-refractivity contribution in [1.29, 1.82) is 0 Å². The average Bonchev–Trinajstić information content (AvgIpc) is 3.16. The summed E-state index contributed by atoms with van der Waals surface area (Å²) in [5.74, 6) is 0.955. The summed E-state index contributed by atoms with van der Waals surface area (Å²) in [6, 6.07) is 16.6. The van der Waals surface area contributed by atoms with Gasteiger partial charge < -0.3 is 25.1 Å². The monoisotopic (exact) mass is 381 g/mol. The van der Waals surface area contributed by atoms with Gasteiger partial charge in [-0.2, -0.15) is 0 Å². The number of hydrogen-bond donors (Lipinski definition) is 3. The summed E-state index contributed by atoms with van der Waals surface area (Å²) < 4.78 is 10.5. The summed E-state index contributed by atoms with van der Waals surface area (Å²) in [6.45, 7) is 0.860. The standard InChI is InChI=1S/C21H23N3O4/c1-27-16-7-9-17(10-8-16)28-14-20(25)22-11-4-12-23-21(26)19-13-15-5-2-3-6-18(15)24-19/h2-3,5-10,13,24H,4,11-12,14H2,1H3,(H,22,25)(H,23,26). The van der Waals surface area contributed by atoms with Gasteiger partial charge in [0, 0.05) is 24.0 Å². The quantitative estimate of drug-likeness (QED) is 0.497. The maximum atomic E-state index is 12.2. The number of carbonyl (C=O) groups excluding carboxylic acids is 2. The molecule has 1 heterocycles. The highest BCUT2D eigenvalue weighted by Crippen LogP contribution is 2.17. The Kier molecular flexibility index (Phi) is 6.51. The largest absolute Gasteiger partial charge is 0.497 e. The lowest BCUT2D eigenvalue weighted by Crippen LogP contribution is -2.32. The van der Waals surface area contributed by atoms with E-state index in [0.717, 1.165) is 16.7 Å². The van der Waals surface area contributed by atoms with Crippen LogP contribution in [-0.4, -0.2) is 43.6 Å². The van der Waals surface area contributed by atoms with E-state index in [9.17, 15) is 9.59 Å². The molecule has 0 fully saturated rings. The van der Waals surface area contributed by atoms with Crippen LogP contribution < -0.4 is 20.1 Å². The van der Waals surface area contributed by atoms with Crippen LogP contribution in [0.2, 0.25) is 0 Å². The van der Waals surface area contributed by atoms with Gasteiger partial charge in [-0.15, -0.1) is 0 Å². The zero-order valence-electron chi connectivity index (χ0n) is 15.7. The predicted octanol–water partition coefficient (Wildman–Crippen LogP) is 2.49. The minimum absolute atomic E-state index is 0.0618. The number of benzene rings is 2. The summed E-state index contributed by atoms with van der Waals surface area (Å²) in [5, 5.41) is 6.60. The zero-order valence-corrected chi connectivity index (χ0v) is 15.7. The van der Waals surface area contributed by atoms with Gasteiger partial charge in [-0.25, -0.2) is 0 Å². The first-order valence-electron chi connectivity index (χ1n) is 9.05. The second-order valence-corrected chi connectivity index (χ2v) is 6.19. The normalized spacial score (nSPS) is 10.5. The number of para-hydroxylation sites is 1. The molecule has 2 amide bonds. The lowest BCUT2D eigenvalue weighted by Gasteiger charge is -2.08. The summed E-state index contributed by atoms with van der Waals surface area (Å²) in [7, 11) is 1.59. The molecule has 7 nitrogen and oxygen atoms in total. The molecule has 0 saturated carbocycles. The van der Waals surface area contributed by atoms with Gasteiger partial charge in [0.1, 0.15) is 17.2 Å². The number of hydrogen-bond acceptors (Lipinski definition) is 4. The van der Waals surface area contributed by atoms with Crippen molar-refractivity contribution < 1.29 is 19.1 Å². The summed E-state index contributed by atoms with van der Waals surface area (Å²) >= 11 is 0. The molecular formula is C21H23N3O4. The molecule has 0 spiro atoms. The van der Waals surface area contributed by atoms with Crippen LogP contribution in [0.15, 0.2) is 54.6 Å². The molecule has 7 heteroatoms. The van der Waals surface area contributed by atoms with E-state index < -0.39 is 0 Å². The van der Waals surface area contributed by atoms with Gasteiger partial charge in [0.25, 0.3) is 11.8 Å². The number of aromatic nitrogens is 1. The number of nitrogens with one attached hydrogen (secondary N) is 3. The number of H-pyrrole nitrogens is 1. The Morgan fingerprint density at radius 1 is 0.964 bits per heavy atom. The van der Waals surface area contributed by atoms with E-state index in [2.05, 4.69) is 15.6 Å². The Balaban J connectivity index is 1.31. The van der Waals surface area contributed by atoms with Crippen LogP contribution in [0.4, 0.5) is 0 Å². The SMILES string of the molecule is COc1ccc(OCC(=O)NCCCNC(=O)c2cc3ccccc3[nH]2)cc1. The number of aromatic amines is 1. The fraction of sp³-hybridized carbons (Fsp3) is 0.238. The van der Waals surface area contributed by atoms with Gasteiger partial charge in [0.2, 0.25) is 0 Å². The first-order chi connectivity index (χ1) is 13.7. The van der Waals surface area contributed by atoms with Crippen LogP contribution >= 0.6 is 0 Å². The van der Waals surface area contributed by atoms with Crippen LogP contribution in [0, 0.1) is 0 Å². The second-order valence-electron chi connectivity index (χ2n) is 6.19. The molecule has 0 aliphatic carbocycles. The molecule has 0 aliphatic rings. The minimum Gasteiger partial charge on any atom is -0.497 e. The van der Waals surface area contributed by atoms with Crippen molar-refractivity contribution in [3.8, 4) is 11.5 Å². The summed E-state index contributed by atoms with van der Waals surface area (Å²) in [5.41, 5.74) is 1.45. The third kappa shape index (κ3) is 5.26. The maximum absolute atomic E-state index is 12.2. The molecule has 0 saturated heterocycles. The molecule has 3 N–H and O–H groups in total. The highest BCUT2D eigenvalue weighted by atomic mass is 16.5. The maximum Gasteiger partial charge on any atom is 0.267 e. The van der Waals surface area contributed by atoms with Gasteiger partial charge in [-0.3, -0.25) is 9.59 Å². The van der Waals surface area contributed by atoms with Crippen molar-refractivity contribution in [2.45, 2.75) is 6.42 Å². The average molecular weight is 381 g/mol. The van der Waals surface area contributed by atoms with E-state index >= 15 is 0 Å². The molecular weight excluding hydrogens is 358 g/mol. The van der Waals surface area contributed by atoms with E-state index in [0.29, 0.717) is 31.0 Å². The molecule has 3 rings (SSSR count). The van der Waals surface area contributed by atoms with Gasteiger partial charge in [-0.1, -0.05) is 18.2 Å². The fourth-order valence-corrected chi connectivity index (χ4v) is 2.68. The Morgan fingerprint density at radius 3 is 2.43 bits per heavy atom. The van der Waals surface area contributed by atoms with Crippen molar-refractivity contribution in [2.24, 2.45) is 0 Å². The van der Waals surface area contributed by atoms with Gasteiger partial charge in [0.05, 0.1) is 7.11 Å². The van der Waals surface area contributed by atoms with Crippen molar-refractivity contribution >= 4 is 22.7 Å². The van der Waals surface area contributed by atoms with Crippen molar-refractivity contribution in [2.75, 3.05) is 26.8 Å². The Bertz CT molecular complexity index is 901. The van der Waals surface area contributed by atoms with E-state index in [1.54, 1.807) is 31.4 Å². The van der Waals surface area contributed by atoms with E-state index in [4.69, 9.17) is 9.47 Å². The zero-order chi connectivity index (χ0) is 19.8. The fourth-order valence-electron chi connectivity index (χ4n) is 2.68. The second kappa shape index (κ2) is 9.45. The Hall–Kier alpha value is -3.48. The third-order valence-corrected chi connectivity index (χ3v) is 4.17. The topological polar surface area (TPSA) is 92.4 Å². The number of ether oxygens (including phenoxy) is 2. The number of methoxy groups -OCH3 is 1. The van der Waals surface area contributed by atoms with E-state index in [1.807, 2.05) is 30.3 Å². The molecule has 0 unspecified atom stereocenters. The van der Waals surface area contributed by atoms with Crippen molar-refractivity contribution in [1.82, 2.24) is 15.6 Å². The first-order valence-corrected chi connectivity index (χ1v) is 9.05. The lowest BCUT2D eigenvalue weighted by molar-refractivity contribution is -0.123. The number of amides is 2. The molecule has 0 atom stereocenters. The molecule has 28 heavy (non-hydrogen) atoms. The van der Waals surface area contributed by atoms with E-state index in [-0.39, 0.29) is 18.4 Å². The smallest absolute Gasteiger partial charge is 0.267 e. The van der Waals surface area contributed by atoms with Crippen molar-refractivity contribution in [3.05, 3.63) is 60.3 Å². The molecule has 2 aromatic carbocycles. The van der Waals surface area contributed by atoms with Crippen molar-refractivity contribution in [3.63, 3.8) is 0 Å². The van der Waals surface area contributed by atoms with Crippen LogP contribution in [-0.2, 0) is 4.79 Å². The number of carbonyl (C=O) groups is 2. The molecule has 0 radical (unpaired) electrons. The molecule has 0 aliphatic heterocycles. The lowest BCUT2D eigenvalue weighted by atomic mass is 10.2. The van der Waals surface area contributed by atoms with Gasteiger partial charge in [-0.05, 0) is 42.8 Å². The Morgan fingerprint density at radius 2 is 1.68 bits per heavy atom. The number of rotatable bonds is 9. The van der Waals surface area contributed by atoms with Gasteiger partial charge >= 0.3 is 0 Å². The highest BCUT2D eigenvalue weighted by molar-refractivity contribution is 5.97. The third-order valence-electron chi connectivity index (χ3n) is 4.17. The minimum atomic E-state index is -0.210. The predicted molar refractivity (Wildman–Crippen MR) is 107 cm³/mol. The number of fused-ring (bicyclic) bond motifs is 1. The molecule has 0 bridgehead atoms. The summed E-state index contributed by atoms with van der Waals surface area (Å²) in [4.78, 5) is 27.0. The highest BCUT2D eigenvalue weighted by Gasteiger charge is 2.08. The Labute approximate surface area is 163 Å². The van der Waals surface area contributed by atoms with Crippen LogP contribution in [0.25, 0.3) is 10.9 Å². The molecule has 1 aromatic heterocycles. The van der Waals surface area contributed by atoms with Crippen LogP contribution in [0.1, 0.15) is 16.9 Å².